The van der Waals surface area contributed by atoms with Crippen molar-refractivity contribution in [2.75, 3.05) is 13.7 Å². The lowest BCUT2D eigenvalue weighted by Crippen LogP contribution is -2.25. The van der Waals surface area contributed by atoms with E-state index in [2.05, 4.69) is 4.98 Å². The van der Waals surface area contributed by atoms with Crippen LogP contribution in [0.3, 0.4) is 0 Å². The van der Waals surface area contributed by atoms with Gasteiger partial charge in [-0.1, -0.05) is 11.6 Å². The largest absolute Gasteiger partial charge is 0.461 e. The maximum atomic E-state index is 12.5. The summed E-state index contributed by atoms with van der Waals surface area (Å²) in [6, 6.07) is 5.07. The van der Waals surface area contributed by atoms with Gasteiger partial charge in [0.2, 0.25) is 0 Å². The van der Waals surface area contributed by atoms with Crippen LogP contribution in [0.25, 0.3) is 5.69 Å². The lowest BCUT2D eigenvalue weighted by molar-refractivity contribution is 0.0516. The molecule has 0 fully saturated rings. The second-order valence-corrected chi connectivity index (χ2v) is 5.39. The van der Waals surface area contributed by atoms with Crippen molar-refractivity contribution in [3.63, 3.8) is 0 Å². The number of carbonyl (C=O) groups is 2. The summed E-state index contributed by atoms with van der Waals surface area (Å²) in [6.45, 7) is 2.27. The average molecular weight is 320 g/mol. The maximum absolute atomic E-state index is 12.5. The van der Waals surface area contributed by atoms with Gasteiger partial charge >= 0.3 is 5.97 Å². The number of carbonyl (C=O) groups excluding carboxylic acids is 2. The van der Waals surface area contributed by atoms with Gasteiger partial charge in [0, 0.05) is 12.1 Å². The van der Waals surface area contributed by atoms with E-state index in [1.165, 1.54) is 11.2 Å². The van der Waals surface area contributed by atoms with Crippen molar-refractivity contribution in [3.05, 3.63) is 46.5 Å². The Morgan fingerprint density at radius 1 is 1.45 bits per heavy atom. The van der Waals surface area contributed by atoms with E-state index in [-0.39, 0.29) is 24.8 Å². The minimum Gasteiger partial charge on any atom is -0.461 e. The number of halogens is 1. The Morgan fingerprint density at radius 3 is 2.95 bits per heavy atom. The minimum atomic E-state index is -0.491. The van der Waals surface area contributed by atoms with Crippen molar-refractivity contribution in [1.29, 1.82) is 0 Å². The fraction of sp³-hybridized carbons (Fsp3) is 0.267. The van der Waals surface area contributed by atoms with E-state index < -0.39 is 5.97 Å². The van der Waals surface area contributed by atoms with Gasteiger partial charge in [-0.05, 0) is 25.1 Å². The quantitative estimate of drug-likeness (QED) is 0.797. The predicted molar refractivity (Wildman–Crippen MR) is 80.3 cm³/mol. The first-order valence-corrected chi connectivity index (χ1v) is 7.19. The van der Waals surface area contributed by atoms with E-state index in [0.717, 1.165) is 0 Å². The van der Waals surface area contributed by atoms with E-state index >= 15 is 0 Å². The van der Waals surface area contributed by atoms with Crippen LogP contribution in [0.2, 0.25) is 5.02 Å². The maximum Gasteiger partial charge on any atom is 0.358 e. The molecule has 114 valence electrons. The predicted octanol–water partition coefficient (Wildman–Crippen LogP) is 2.29. The van der Waals surface area contributed by atoms with E-state index in [0.29, 0.717) is 22.0 Å². The molecule has 0 spiro atoms. The molecule has 1 aliphatic heterocycles. The molecule has 0 saturated carbocycles. The molecule has 0 saturated heterocycles. The number of benzene rings is 1. The zero-order valence-corrected chi connectivity index (χ0v) is 12.9. The number of nitrogens with zero attached hydrogens (tertiary/aromatic N) is 3. The van der Waals surface area contributed by atoms with Crippen molar-refractivity contribution >= 4 is 23.5 Å². The second-order valence-electron chi connectivity index (χ2n) is 4.95. The van der Waals surface area contributed by atoms with Crippen LogP contribution in [-0.4, -0.2) is 40.0 Å². The molecular weight excluding hydrogens is 306 g/mol. The number of hydrogen-bond donors (Lipinski definition) is 0. The van der Waals surface area contributed by atoms with Gasteiger partial charge in [-0.25, -0.2) is 9.78 Å². The number of fused-ring (bicyclic) bond motifs is 3. The Balaban J connectivity index is 2.20. The molecular formula is C15H14ClN3O3. The third kappa shape index (κ3) is 2.25. The number of hydrogen-bond acceptors (Lipinski definition) is 4. The molecule has 6 nitrogen and oxygen atoms in total. The van der Waals surface area contributed by atoms with Gasteiger partial charge in [-0.2, -0.15) is 0 Å². The normalized spacial score (nSPS) is 13.4. The van der Waals surface area contributed by atoms with Crippen molar-refractivity contribution in [2.24, 2.45) is 0 Å². The van der Waals surface area contributed by atoms with Gasteiger partial charge in [-0.15, -0.1) is 0 Å². The first-order chi connectivity index (χ1) is 10.5. The first-order valence-electron chi connectivity index (χ1n) is 6.81. The molecule has 0 aliphatic carbocycles. The van der Waals surface area contributed by atoms with Gasteiger partial charge in [0.05, 0.1) is 30.1 Å². The summed E-state index contributed by atoms with van der Waals surface area (Å²) in [4.78, 5) is 30.2. The third-order valence-electron chi connectivity index (χ3n) is 3.52. The summed E-state index contributed by atoms with van der Waals surface area (Å²) in [6.07, 6.45) is 1.53. The van der Waals surface area contributed by atoms with E-state index in [9.17, 15) is 9.59 Å². The highest BCUT2D eigenvalue weighted by molar-refractivity contribution is 6.31. The SMILES string of the molecule is CCOC(=O)c1ncn2c1CN(C)C(=O)c1cc(Cl)ccc1-2. The third-order valence-corrected chi connectivity index (χ3v) is 3.75. The molecule has 0 radical (unpaired) electrons. The monoisotopic (exact) mass is 319 g/mol. The first kappa shape index (κ1) is 14.6. The van der Waals surface area contributed by atoms with Crippen LogP contribution in [0, 0.1) is 0 Å². The summed E-state index contributed by atoms with van der Waals surface area (Å²) in [5.41, 5.74) is 1.97. The van der Waals surface area contributed by atoms with E-state index in [4.69, 9.17) is 16.3 Å². The number of esters is 1. The topological polar surface area (TPSA) is 64.4 Å². The average Bonchev–Trinajstić information content (AvgIpc) is 2.86. The fourth-order valence-corrected chi connectivity index (χ4v) is 2.67. The molecule has 7 heteroatoms. The second kappa shape index (κ2) is 5.46. The Labute approximate surface area is 132 Å². The molecule has 0 unspecified atom stereocenters. The number of amides is 1. The Kier molecular flexibility index (Phi) is 3.62. The van der Waals surface area contributed by atoms with Gasteiger partial charge in [-0.3, -0.25) is 9.36 Å². The Hall–Kier alpha value is -2.34. The lowest BCUT2D eigenvalue weighted by atomic mass is 10.1. The summed E-state index contributed by atoms with van der Waals surface area (Å²) in [5, 5.41) is 0.481. The molecule has 0 atom stereocenters. The molecule has 1 aromatic carbocycles. The number of imidazole rings is 1. The van der Waals surface area contributed by atoms with Crippen LogP contribution in [-0.2, 0) is 11.3 Å². The highest BCUT2D eigenvalue weighted by Gasteiger charge is 2.28. The number of aromatic nitrogens is 2. The van der Waals surface area contributed by atoms with Crippen molar-refractivity contribution in [2.45, 2.75) is 13.5 Å². The molecule has 22 heavy (non-hydrogen) atoms. The summed E-state index contributed by atoms with van der Waals surface area (Å²) in [5.74, 6) is -0.648. The van der Waals surface area contributed by atoms with Gasteiger partial charge in [0.1, 0.15) is 6.33 Å². The van der Waals surface area contributed by atoms with Crippen molar-refractivity contribution < 1.29 is 14.3 Å². The van der Waals surface area contributed by atoms with Crippen LogP contribution < -0.4 is 0 Å². The lowest BCUT2D eigenvalue weighted by Gasteiger charge is -2.14. The van der Waals surface area contributed by atoms with Gasteiger partial charge < -0.3 is 9.64 Å². The van der Waals surface area contributed by atoms with Crippen molar-refractivity contribution in [3.8, 4) is 5.69 Å². The van der Waals surface area contributed by atoms with Crippen molar-refractivity contribution in [1.82, 2.24) is 14.5 Å². The van der Waals surface area contributed by atoms with E-state index in [1.54, 1.807) is 36.7 Å². The molecule has 1 aliphatic rings. The molecule has 0 bridgehead atoms. The smallest absolute Gasteiger partial charge is 0.358 e. The van der Waals surface area contributed by atoms with Crippen LogP contribution >= 0.6 is 11.6 Å². The molecule has 3 rings (SSSR count). The van der Waals surface area contributed by atoms with Crippen LogP contribution in [0.4, 0.5) is 0 Å². The van der Waals surface area contributed by atoms with Gasteiger partial charge in [0.25, 0.3) is 5.91 Å². The Bertz CT molecular complexity index is 769. The molecule has 2 aromatic rings. The van der Waals surface area contributed by atoms with E-state index in [1.807, 2.05) is 0 Å². The van der Waals surface area contributed by atoms with Crippen LogP contribution in [0.5, 0.6) is 0 Å². The summed E-state index contributed by atoms with van der Waals surface area (Å²) < 4.78 is 6.76. The molecule has 0 N–H and O–H groups in total. The number of ether oxygens (including phenoxy) is 1. The molecule has 1 amide bonds. The summed E-state index contributed by atoms with van der Waals surface area (Å²) >= 11 is 6.00. The fourth-order valence-electron chi connectivity index (χ4n) is 2.49. The zero-order chi connectivity index (χ0) is 15.9. The molecule has 1 aromatic heterocycles. The highest BCUT2D eigenvalue weighted by Crippen LogP contribution is 2.27. The highest BCUT2D eigenvalue weighted by atomic mass is 35.5. The number of rotatable bonds is 2. The molecule has 2 heterocycles. The Morgan fingerprint density at radius 2 is 2.23 bits per heavy atom. The van der Waals surface area contributed by atoms with Crippen LogP contribution in [0.15, 0.2) is 24.5 Å². The van der Waals surface area contributed by atoms with Crippen LogP contribution in [0.1, 0.15) is 33.5 Å². The standard InChI is InChI=1S/C15H14ClN3O3/c1-3-22-15(21)13-12-7-18(2)14(20)10-6-9(16)4-5-11(10)19(12)8-17-13/h4-6,8H,3,7H2,1-2H3. The minimum absolute atomic E-state index is 0.156. The zero-order valence-electron chi connectivity index (χ0n) is 12.2. The summed E-state index contributed by atoms with van der Waals surface area (Å²) in [7, 11) is 1.67. The van der Waals surface area contributed by atoms with Gasteiger partial charge in [0.15, 0.2) is 5.69 Å².